The van der Waals surface area contributed by atoms with E-state index in [2.05, 4.69) is 10.2 Å². The average Bonchev–Trinajstić information content (AvgIpc) is 3.28. The van der Waals surface area contributed by atoms with E-state index in [1.807, 2.05) is 26.0 Å². The molecule has 28 heavy (non-hydrogen) atoms. The Hall–Kier alpha value is -2.51. The van der Waals surface area contributed by atoms with Gasteiger partial charge >= 0.3 is 0 Å². The number of ether oxygens (including phenoxy) is 1. The number of aryl methyl sites for hydroxylation is 2. The zero-order valence-electron chi connectivity index (χ0n) is 15.9. The number of halogens is 2. The maximum atomic E-state index is 12.6. The maximum Gasteiger partial charge on any atom is 0.274 e. The van der Waals surface area contributed by atoms with Crippen LogP contribution in [0.15, 0.2) is 36.7 Å². The van der Waals surface area contributed by atoms with Gasteiger partial charge in [0, 0.05) is 26.0 Å². The summed E-state index contributed by atoms with van der Waals surface area (Å²) < 4.78 is 8.97. The van der Waals surface area contributed by atoms with Crippen molar-refractivity contribution in [1.29, 1.82) is 0 Å². The highest BCUT2D eigenvalue weighted by atomic mass is 35.5. The van der Waals surface area contributed by atoms with Crippen LogP contribution in [-0.4, -0.2) is 37.4 Å². The maximum absolute atomic E-state index is 12.6. The van der Waals surface area contributed by atoms with Gasteiger partial charge in [-0.2, -0.15) is 10.2 Å². The minimum absolute atomic E-state index is 0.146. The Labute approximate surface area is 173 Å². The molecule has 0 aliphatic rings. The molecule has 2 aromatic heterocycles. The molecular formula is C19H21Cl2N5O2. The Kier molecular flexibility index (Phi) is 6.26. The topological polar surface area (TPSA) is 65.2 Å². The molecular weight excluding hydrogens is 401 g/mol. The quantitative estimate of drug-likeness (QED) is 0.577. The van der Waals surface area contributed by atoms with Gasteiger partial charge in [-0.05, 0) is 37.6 Å². The summed E-state index contributed by atoms with van der Waals surface area (Å²) in [5.41, 5.74) is 2.00. The molecule has 3 rings (SSSR count). The van der Waals surface area contributed by atoms with Gasteiger partial charge in [-0.25, -0.2) is 4.68 Å². The van der Waals surface area contributed by atoms with Crippen molar-refractivity contribution in [2.45, 2.75) is 33.7 Å². The van der Waals surface area contributed by atoms with E-state index in [1.54, 1.807) is 40.9 Å². The molecule has 148 valence electrons. The first kappa shape index (κ1) is 20.2. The van der Waals surface area contributed by atoms with Crippen LogP contribution in [0.3, 0.4) is 0 Å². The van der Waals surface area contributed by atoms with Crippen LogP contribution in [0.1, 0.15) is 28.7 Å². The summed E-state index contributed by atoms with van der Waals surface area (Å²) in [5.74, 6) is 0.345. The predicted molar refractivity (Wildman–Crippen MR) is 108 cm³/mol. The number of hydrogen-bond donors (Lipinski definition) is 0. The lowest BCUT2D eigenvalue weighted by Crippen LogP contribution is -2.27. The molecule has 0 atom stereocenters. The molecule has 0 fully saturated rings. The summed E-state index contributed by atoms with van der Waals surface area (Å²) in [6, 6.07) is 7.19. The van der Waals surface area contributed by atoms with E-state index in [4.69, 9.17) is 27.9 Å². The molecule has 0 unspecified atom stereocenters. The number of benzene rings is 1. The smallest absolute Gasteiger partial charge is 0.274 e. The monoisotopic (exact) mass is 421 g/mol. The minimum Gasteiger partial charge on any atom is -0.470 e. The second-order valence-corrected chi connectivity index (χ2v) is 7.20. The third-order valence-corrected chi connectivity index (χ3v) is 4.77. The summed E-state index contributed by atoms with van der Waals surface area (Å²) in [5, 5.41) is 9.71. The first-order valence-corrected chi connectivity index (χ1v) is 9.52. The standard InChI is InChI=1S/C19H21Cl2N5O2/c1-4-25-10-15(21)17(23-25)11-24(3)19(27)16-7-8-26(22-16)12-28-18-9-13(2)5-6-14(18)20/h5-10H,4,11-12H2,1-3H3. The van der Waals surface area contributed by atoms with Crippen LogP contribution >= 0.6 is 23.2 Å². The summed E-state index contributed by atoms with van der Waals surface area (Å²) in [6.45, 7) is 5.09. The largest absolute Gasteiger partial charge is 0.470 e. The Balaban J connectivity index is 1.62. The second-order valence-electron chi connectivity index (χ2n) is 6.39. The Morgan fingerprint density at radius 2 is 1.96 bits per heavy atom. The molecule has 2 heterocycles. The fraction of sp³-hybridized carbons (Fsp3) is 0.316. The molecule has 3 aromatic rings. The van der Waals surface area contributed by atoms with Crippen molar-refractivity contribution in [2.75, 3.05) is 7.05 Å². The lowest BCUT2D eigenvalue weighted by Gasteiger charge is -2.14. The van der Waals surface area contributed by atoms with Crippen LogP contribution in [0.5, 0.6) is 5.75 Å². The molecule has 1 aromatic carbocycles. The van der Waals surface area contributed by atoms with Crippen LogP contribution in [0.2, 0.25) is 10.0 Å². The molecule has 1 amide bonds. The SMILES string of the molecule is CCn1cc(Cl)c(CN(C)C(=O)c2ccn(COc3cc(C)ccc3Cl)n2)n1. The van der Waals surface area contributed by atoms with Gasteiger partial charge in [-0.1, -0.05) is 29.3 Å². The van der Waals surface area contributed by atoms with E-state index in [9.17, 15) is 4.79 Å². The van der Waals surface area contributed by atoms with E-state index in [1.165, 1.54) is 4.90 Å². The first-order chi connectivity index (χ1) is 13.4. The number of aromatic nitrogens is 4. The third kappa shape index (κ3) is 4.66. The number of rotatable bonds is 7. The number of carbonyl (C=O) groups is 1. The zero-order chi connectivity index (χ0) is 20.3. The molecule has 0 radical (unpaired) electrons. The highest BCUT2D eigenvalue weighted by molar-refractivity contribution is 6.32. The van der Waals surface area contributed by atoms with E-state index in [-0.39, 0.29) is 12.6 Å². The van der Waals surface area contributed by atoms with Crippen LogP contribution < -0.4 is 4.74 Å². The highest BCUT2D eigenvalue weighted by Crippen LogP contribution is 2.25. The van der Waals surface area contributed by atoms with E-state index < -0.39 is 0 Å². The zero-order valence-corrected chi connectivity index (χ0v) is 17.4. The van der Waals surface area contributed by atoms with Gasteiger partial charge in [0.05, 0.1) is 16.6 Å². The van der Waals surface area contributed by atoms with Crippen molar-refractivity contribution < 1.29 is 9.53 Å². The van der Waals surface area contributed by atoms with Gasteiger partial charge in [-0.15, -0.1) is 0 Å². The fourth-order valence-electron chi connectivity index (χ4n) is 2.60. The lowest BCUT2D eigenvalue weighted by atomic mass is 10.2. The van der Waals surface area contributed by atoms with Crippen LogP contribution in [-0.2, 0) is 19.8 Å². The fourth-order valence-corrected chi connectivity index (χ4v) is 2.99. The summed E-state index contributed by atoms with van der Waals surface area (Å²) in [4.78, 5) is 14.2. The van der Waals surface area contributed by atoms with E-state index in [0.29, 0.717) is 40.3 Å². The molecule has 0 aliphatic carbocycles. The van der Waals surface area contributed by atoms with E-state index >= 15 is 0 Å². The van der Waals surface area contributed by atoms with Crippen molar-refractivity contribution in [3.8, 4) is 5.75 Å². The molecule has 7 nitrogen and oxygen atoms in total. The van der Waals surface area contributed by atoms with Crippen LogP contribution in [0.4, 0.5) is 0 Å². The first-order valence-electron chi connectivity index (χ1n) is 8.77. The number of carbonyl (C=O) groups excluding carboxylic acids is 1. The highest BCUT2D eigenvalue weighted by Gasteiger charge is 2.18. The average molecular weight is 422 g/mol. The van der Waals surface area contributed by atoms with Crippen molar-refractivity contribution in [3.05, 3.63) is 63.7 Å². The van der Waals surface area contributed by atoms with Gasteiger partial charge in [-0.3, -0.25) is 9.48 Å². The van der Waals surface area contributed by atoms with Crippen molar-refractivity contribution >= 4 is 29.1 Å². The van der Waals surface area contributed by atoms with Crippen molar-refractivity contribution in [3.63, 3.8) is 0 Å². The minimum atomic E-state index is -0.227. The molecule has 0 spiro atoms. The van der Waals surface area contributed by atoms with E-state index in [0.717, 1.165) is 5.56 Å². The van der Waals surface area contributed by atoms with Gasteiger partial charge in [0.15, 0.2) is 12.4 Å². The summed E-state index contributed by atoms with van der Waals surface area (Å²) in [6.07, 6.45) is 3.43. The molecule has 0 bridgehead atoms. The Morgan fingerprint density at radius 3 is 2.68 bits per heavy atom. The van der Waals surface area contributed by atoms with Gasteiger partial charge in [0.2, 0.25) is 0 Å². The molecule has 0 N–H and O–H groups in total. The Morgan fingerprint density at radius 1 is 1.18 bits per heavy atom. The van der Waals surface area contributed by atoms with Gasteiger partial charge in [0.25, 0.3) is 5.91 Å². The van der Waals surface area contributed by atoms with Gasteiger partial charge in [0.1, 0.15) is 11.4 Å². The van der Waals surface area contributed by atoms with Crippen LogP contribution in [0, 0.1) is 6.92 Å². The third-order valence-electron chi connectivity index (χ3n) is 4.14. The van der Waals surface area contributed by atoms with Crippen molar-refractivity contribution in [2.24, 2.45) is 0 Å². The number of amides is 1. The molecule has 9 heteroatoms. The molecule has 0 saturated heterocycles. The number of hydrogen-bond acceptors (Lipinski definition) is 4. The van der Waals surface area contributed by atoms with Crippen LogP contribution in [0.25, 0.3) is 0 Å². The van der Waals surface area contributed by atoms with Crippen molar-refractivity contribution in [1.82, 2.24) is 24.5 Å². The lowest BCUT2D eigenvalue weighted by molar-refractivity contribution is 0.0775. The summed E-state index contributed by atoms with van der Waals surface area (Å²) >= 11 is 12.3. The Bertz CT molecular complexity index is 983. The van der Waals surface area contributed by atoms with Gasteiger partial charge < -0.3 is 9.64 Å². The second kappa shape index (κ2) is 8.67. The predicted octanol–water partition coefficient (Wildman–Crippen LogP) is 4.02. The molecule has 0 saturated carbocycles. The number of nitrogens with zero attached hydrogens (tertiary/aromatic N) is 5. The molecule has 0 aliphatic heterocycles. The normalized spacial score (nSPS) is 10.9. The summed E-state index contributed by atoms with van der Waals surface area (Å²) in [7, 11) is 1.69.